The van der Waals surface area contributed by atoms with Crippen molar-refractivity contribution in [2.45, 2.75) is 13.3 Å². The molecular weight excluding hydrogens is 259 g/mol. The monoisotopic (exact) mass is 280 g/mol. The van der Waals surface area contributed by atoms with Crippen molar-refractivity contribution in [1.82, 2.24) is 10.2 Å². The number of ether oxygens (including phenoxy) is 1. The highest BCUT2D eigenvalue weighted by Gasteiger charge is 2.12. The lowest BCUT2D eigenvalue weighted by atomic mass is 10.1. The Morgan fingerprint density at radius 3 is 2.85 bits per heavy atom. The number of aryl methyl sites for hydroxylation is 1. The topological polar surface area (TPSA) is 41.6 Å². The smallest absolute Gasteiger partial charge is 0.254 e. The Labute approximate surface area is 118 Å². The van der Waals surface area contributed by atoms with Crippen LogP contribution >= 0.6 is 0 Å². The maximum atomic E-state index is 13.6. The molecule has 0 aliphatic carbocycles. The summed E-state index contributed by atoms with van der Waals surface area (Å²) in [5, 5.41) is 2.76. The molecule has 1 aromatic rings. The minimum absolute atomic E-state index is 0.113. The van der Waals surface area contributed by atoms with Crippen molar-refractivity contribution in [2.75, 3.05) is 39.4 Å². The quantitative estimate of drug-likeness (QED) is 0.833. The van der Waals surface area contributed by atoms with Crippen molar-refractivity contribution in [3.05, 3.63) is 35.1 Å². The first-order valence-electron chi connectivity index (χ1n) is 7.01. The first kappa shape index (κ1) is 14.9. The number of nitrogens with one attached hydrogen (secondary N) is 1. The fourth-order valence-electron chi connectivity index (χ4n) is 2.23. The molecular formula is C15H21FN2O2. The van der Waals surface area contributed by atoms with Gasteiger partial charge in [0.15, 0.2) is 0 Å². The van der Waals surface area contributed by atoms with Crippen LogP contribution < -0.4 is 5.32 Å². The average molecular weight is 280 g/mol. The van der Waals surface area contributed by atoms with E-state index < -0.39 is 5.82 Å². The molecule has 0 atom stereocenters. The number of carbonyl (C=O) groups is 1. The Bertz CT molecular complexity index is 459. The molecule has 20 heavy (non-hydrogen) atoms. The second kappa shape index (κ2) is 7.36. The van der Waals surface area contributed by atoms with Crippen molar-refractivity contribution in [2.24, 2.45) is 0 Å². The van der Waals surface area contributed by atoms with Gasteiger partial charge in [0.05, 0.1) is 18.8 Å². The number of morpholine rings is 1. The first-order valence-corrected chi connectivity index (χ1v) is 7.01. The molecule has 0 radical (unpaired) electrons. The number of amides is 1. The molecule has 0 spiro atoms. The second-order valence-electron chi connectivity index (χ2n) is 5.05. The number of carbonyl (C=O) groups excluding carboxylic acids is 1. The number of nitrogens with zero attached hydrogens (tertiary/aromatic N) is 1. The van der Waals surface area contributed by atoms with Crippen LogP contribution in [-0.4, -0.2) is 50.2 Å². The van der Waals surface area contributed by atoms with E-state index in [-0.39, 0.29) is 11.5 Å². The zero-order valence-corrected chi connectivity index (χ0v) is 11.8. The maximum absolute atomic E-state index is 13.6. The van der Waals surface area contributed by atoms with Crippen molar-refractivity contribution in [1.29, 1.82) is 0 Å². The van der Waals surface area contributed by atoms with Crippen LogP contribution in [0.1, 0.15) is 22.3 Å². The number of hydrogen-bond acceptors (Lipinski definition) is 3. The SMILES string of the molecule is Cc1ccc(C(=O)NCCCN2CCOCC2)c(F)c1. The number of rotatable bonds is 5. The highest BCUT2D eigenvalue weighted by molar-refractivity contribution is 5.94. The van der Waals surface area contributed by atoms with Crippen molar-refractivity contribution < 1.29 is 13.9 Å². The number of halogens is 1. The Kier molecular flexibility index (Phi) is 5.49. The molecule has 0 saturated carbocycles. The molecule has 110 valence electrons. The number of hydrogen-bond donors (Lipinski definition) is 1. The summed E-state index contributed by atoms with van der Waals surface area (Å²) in [5.74, 6) is -0.805. The molecule has 0 unspecified atom stereocenters. The van der Waals surface area contributed by atoms with Crippen LogP contribution in [0.2, 0.25) is 0 Å². The normalized spacial score (nSPS) is 16.1. The van der Waals surface area contributed by atoms with Crippen LogP contribution in [0.3, 0.4) is 0 Å². The second-order valence-corrected chi connectivity index (χ2v) is 5.05. The van der Waals surface area contributed by atoms with Gasteiger partial charge in [-0.1, -0.05) is 6.07 Å². The molecule has 1 fully saturated rings. The van der Waals surface area contributed by atoms with Crippen LogP contribution in [-0.2, 0) is 4.74 Å². The van der Waals surface area contributed by atoms with Crippen LogP contribution in [0.15, 0.2) is 18.2 Å². The Morgan fingerprint density at radius 2 is 2.15 bits per heavy atom. The molecule has 2 rings (SSSR count). The van der Waals surface area contributed by atoms with Gasteiger partial charge in [0.25, 0.3) is 5.91 Å². The molecule has 0 bridgehead atoms. The summed E-state index contributed by atoms with van der Waals surface area (Å²) in [6, 6.07) is 4.65. The Balaban J connectivity index is 1.72. The largest absolute Gasteiger partial charge is 0.379 e. The minimum atomic E-state index is -0.462. The van der Waals surface area contributed by atoms with Crippen molar-refractivity contribution in [3.8, 4) is 0 Å². The molecule has 5 heteroatoms. The fourth-order valence-corrected chi connectivity index (χ4v) is 2.23. The van der Waals surface area contributed by atoms with Gasteiger partial charge in [0.1, 0.15) is 5.82 Å². The van der Waals surface area contributed by atoms with Gasteiger partial charge in [0.2, 0.25) is 0 Å². The van der Waals surface area contributed by atoms with E-state index in [1.165, 1.54) is 12.1 Å². The lowest BCUT2D eigenvalue weighted by Crippen LogP contribution is -2.38. The van der Waals surface area contributed by atoms with E-state index in [4.69, 9.17) is 4.74 Å². The third kappa shape index (κ3) is 4.28. The average Bonchev–Trinajstić information content (AvgIpc) is 2.44. The molecule has 1 aliphatic rings. The Morgan fingerprint density at radius 1 is 1.40 bits per heavy atom. The van der Waals surface area contributed by atoms with E-state index in [0.29, 0.717) is 6.54 Å². The van der Waals surface area contributed by atoms with E-state index in [2.05, 4.69) is 10.2 Å². The summed E-state index contributed by atoms with van der Waals surface area (Å²) in [5.41, 5.74) is 0.924. The van der Waals surface area contributed by atoms with E-state index in [1.807, 2.05) is 0 Å². The first-order chi connectivity index (χ1) is 9.66. The predicted octanol–water partition coefficient (Wildman–Crippen LogP) is 1.59. The van der Waals surface area contributed by atoms with Gasteiger partial charge in [-0.15, -0.1) is 0 Å². The third-order valence-electron chi connectivity index (χ3n) is 3.41. The molecule has 1 N–H and O–H groups in total. The van der Waals surface area contributed by atoms with Crippen molar-refractivity contribution >= 4 is 5.91 Å². The Hall–Kier alpha value is -1.46. The molecule has 1 heterocycles. The van der Waals surface area contributed by atoms with Crippen LogP contribution in [0.25, 0.3) is 0 Å². The van der Waals surface area contributed by atoms with Gasteiger partial charge in [-0.3, -0.25) is 9.69 Å². The maximum Gasteiger partial charge on any atom is 0.254 e. The summed E-state index contributed by atoms with van der Waals surface area (Å²) in [7, 11) is 0. The standard InChI is InChI=1S/C15H21FN2O2/c1-12-3-4-13(14(16)11-12)15(19)17-5-2-6-18-7-9-20-10-8-18/h3-4,11H,2,5-10H2,1H3,(H,17,19). The van der Waals surface area contributed by atoms with E-state index in [0.717, 1.165) is 44.8 Å². The van der Waals surface area contributed by atoms with Crippen LogP contribution in [0.4, 0.5) is 4.39 Å². The highest BCUT2D eigenvalue weighted by atomic mass is 19.1. The lowest BCUT2D eigenvalue weighted by Gasteiger charge is -2.26. The van der Waals surface area contributed by atoms with Gasteiger partial charge < -0.3 is 10.1 Å². The summed E-state index contributed by atoms with van der Waals surface area (Å²) in [6.07, 6.45) is 0.860. The van der Waals surface area contributed by atoms with E-state index in [9.17, 15) is 9.18 Å². The van der Waals surface area contributed by atoms with Gasteiger partial charge in [-0.25, -0.2) is 4.39 Å². The zero-order chi connectivity index (χ0) is 14.4. The van der Waals surface area contributed by atoms with Gasteiger partial charge in [-0.05, 0) is 37.6 Å². The molecule has 1 aliphatic heterocycles. The van der Waals surface area contributed by atoms with Gasteiger partial charge >= 0.3 is 0 Å². The molecule has 1 aromatic carbocycles. The summed E-state index contributed by atoms with van der Waals surface area (Å²) in [6.45, 7) is 6.74. The number of benzene rings is 1. The van der Waals surface area contributed by atoms with Gasteiger partial charge in [-0.2, -0.15) is 0 Å². The highest BCUT2D eigenvalue weighted by Crippen LogP contribution is 2.09. The zero-order valence-electron chi connectivity index (χ0n) is 11.8. The fraction of sp³-hybridized carbons (Fsp3) is 0.533. The third-order valence-corrected chi connectivity index (χ3v) is 3.41. The predicted molar refractivity (Wildman–Crippen MR) is 75.3 cm³/mol. The molecule has 1 saturated heterocycles. The van der Waals surface area contributed by atoms with Gasteiger partial charge in [0, 0.05) is 19.6 Å². The lowest BCUT2D eigenvalue weighted by molar-refractivity contribution is 0.0374. The van der Waals surface area contributed by atoms with E-state index in [1.54, 1.807) is 13.0 Å². The van der Waals surface area contributed by atoms with Crippen LogP contribution in [0, 0.1) is 12.7 Å². The molecule has 1 amide bonds. The summed E-state index contributed by atoms with van der Waals surface area (Å²) >= 11 is 0. The van der Waals surface area contributed by atoms with Crippen molar-refractivity contribution in [3.63, 3.8) is 0 Å². The summed E-state index contributed by atoms with van der Waals surface area (Å²) in [4.78, 5) is 14.2. The minimum Gasteiger partial charge on any atom is -0.379 e. The molecule has 4 nitrogen and oxygen atoms in total. The van der Waals surface area contributed by atoms with E-state index >= 15 is 0 Å². The van der Waals surface area contributed by atoms with Crippen LogP contribution in [0.5, 0.6) is 0 Å². The summed E-state index contributed by atoms with van der Waals surface area (Å²) < 4.78 is 18.9. The molecule has 0 aromatic heterocycles.